The van der Waals surface area contributed by atoms with Crippen molar-refractivity contribution in [1.82, 2.24) is 9.80 Å². The van der Waals surface area contributed by atoms with Crippen molar-refractivity contribution >= 4 is 11.8 Å². The van der Waals surface area contributed by atoms with Gasteiger partial charge in [-0.3, -0.25) is 9.59 Å². The lowest BCUT2D eigenvalue weighted by Gasteiger charge is -2.60. The van der Waals surface area contributed by atoms with Crippen LogP contribution < -0.4 is 0 Å². The van der Waals surface area contributed by atoms with Gasteiger partial charge in [0.05, 0.1) is 0 Å². The second-order valence-corrected chi connectivity index (χ2v) is 10.4. The van der Waals surface area contributed by atoms with E-state index in [1.165, 1.54) is 5.56 Å². The molecule has 2 heterocycles. The molecule has 168 valence electrons. The summed E-state index contributed by atoms with van der Waals surface area (Å²) in [5.74, 6) is 0.599. The molecule has 0 radical (unpaired) electrons. The Morgan fingerprint density at radius 3 is 2.53 bits per heavy atom. The van der Waals surface area contributed by atoms with Gasteiger partial charge in [-0.05, 0) is 59.6 Å². The average Bonchev–Trinajstić information content (AvgIpc) is 3.16. The van der Waals surface area contributed by atoms with Crippen LogP contribution >= 0.6 is 0 Å². The Hall–Kier alpha value is -2.82. The zero-order chi connectivity index (χ0) is 22.7. The minimum absolute atomic E-state index is 0.0245. The largest absolute Gasteiger partial charge is 0.508 e. The van der Waals surface area contributed by atoms with Gasteiger partial charge in [0.15, 0.2) is 0 Å². The number of benzene rings is 2. The number of hydrogen-bond donors (Lipinski definition) is 1. The standard InChI is InChI=1S/C27H32N2O3/c1-26(2)23-16-20-21(6-4-7-22(20)30)27(26,3)13-15-29(23)25(32)19-11-9-18(10-12-19)17-28-14-5-8-24(28)31/h4,6-7,9-12,23,30H,5,8,13-17H2,1-3H3/t23-,27+/m1/s1. The molecule has 5 rings (SSSR count). The van der Waals surface area contributed by atoms with Gasteiger partial charge in [0.25, 0.3) is 5.91 Å². The molecule has 1 aliphatic carbocycles. The third-order valence-electron chi connectivity index (χ3n) is 8.63. The van der Waals surface area contributed by atoms with Crippen LogP contribution in [0, 0.1) is 5.41 Å². The summed E-state index contributed by atoms with van der Waals surface area (Å²) >= 11 is 0. The van der Waals surface area contributed by atoms with Crippen LogP contribution in [0.15, 0.2) is 42.5 Å². The highest BCUT2D eigenvalue weighted by Crippen LogP contribution is 2.57. The van der Waals surface area contributed by atoms with Crippen LogP contribution in [0.1, 0.15) is 67.1 Å². The number of phenols is 1. The van der Waals surface area contributed by atoms with Crippen molar-refractivity contribution in [3.8, 4) is 5.75 Å². The molecule has 2 saturated heterocycles. The van der Waals surface area contributed by atoms with Crippen molar-refractivity contribution < 1.29 is 14.7 Å². The van der Waals surface area contributed by atoms with Crippen molar-refractivity contribution in [2.75, 3.05) is 13.1 Å². The molecule has 32 heavy (non-hydrogen) atoms. The van der Waals surface area contributed by atoms with Crippen LogP contribution in [-0.2, 0) is 23.2 Å². The zero-order valence-electron chi connectivity index (χ0n) is 19.2. The third-order valence-corrected chi connectivity index (χ3v) is 8.63. The highest BCUT2D eigenvalue weighted by atomic mass is 16.3. The van der Waals surface area contributed by atoms with E-state index in [0.29, 0.717) is 37.2 Å². The summed E-state index contributed by atoms with van der Waals surface area (Å²) in [6.07, 6.45) is 3.11. The first-order valence-corrected chi connectivity index (χ1v) is 11.7. The first-order chi connectivity index (χ1) is 15.2. The van der Waals surface area contributed by atoms with Crippen LogP contribution in [0.4, 0.5) is 0 Å². The molecule has 3 aliphatic rings. The molecule has 2 aromatic rings. The Morgan fingerprint density at radius 2 is 1.84 bits per heavy atom. The van der Waals surface area contributed by atoms with Crippen LogP contribution in [-0.4, -0.2) is 45.9 Å². The number of carbonyl (C=O) groups excluding carboxylic acids is 2. The van der Waals surface area contributed by atoms with Crippen LogP contribution in [0.3, 0.4) is 0 Å². The van der Waals surface area contributed by atoms with E-state index < -0.39 is 0 Å². The number of likely N-dealkylation sites (tertiary alicyclic amines) is 2. The summed E-state index contributed by atoms with van der Waals surface area (Å²) in [5.41, 5.74) is 3.75. The van der Waals surface area contributed by atoms with E-state index >= 15 is 0 Å². The van der Waals surface area contributed by atoms with Crippen molar-refractivity contribution in [2.24, 2.45) is 5.41 Å². The molecular weight excluding hydrogens is 400 g/mol. The molecule has 0 unspecified atom stereocenters. The van der Waals surface area contributed by atoms with Gasteiger partial charge in [-0.25, -0.2) is 0 Å². The predicted octanol–water partition coefficient (Wildman–Crippen LogP) is 4.27. The predicted molar refractivity (Wildman–Crippen MR) is 123 cm³/mol. The summed E-state index contributed by atoms with van der Waals surface area (Å²) in [5, 5.41) is 10.6. The molecule has 2 amide bonds. The van der Waals surface area contributed by atoms with Crippen molar-refractivity contribution in [1.29, 1.82) is 0 Å². The Balaban J connectivity index is 1.41. The number of rotatable bonds is 3. The SMILES string of the molecule is CC1(C)[C@H]2Cc3c(O)cccc3[C@]1(C)CCN2C(=O)c1ccc(CN2CCCC2=O)cc1. The highest BCUT2D eigenvalue weighted by molar-refractivity contribution is 5.94. The molecular formula is C27H32N2O3. The molecule has 2 bridgehead atoms. The average molecular weight is 433 g/mol. The van der Waals surface area contributed by atoms with E-state index in [2.05, 4.69) is 26.8 Å². The maximum absolute atomic E-state index is 13.6. The lowest BCUT2D eigenvalue weighted by Crippen LogP contribution is -2.64. The highest BCUT2D eigenvalue weighted by Gasteiger charge is 2.57. The number of nitrogens with zero attached hydrogens (tertiary/aromatic N) is 2. The fourth-order valence-electron chi connectivity index (χ4n) is 6.18. The van der Waals surface area contributed by atoms with Crippen LogP contribution in [0.5, 0.6) is 5.75 Å². The van der Waals surface area contributed by atoms with Gasteiger partial charge in [-0.15, -0.1) is 0 Å². The second kappa shape index (κ2) is 7.36. The molecule has 0 saturated carbocycles. The minimum Gasteiger partial charge on any atom is -0.508 e. The number of carbonyl (C=O) groups is 2. The van der Waals surface area contributed by atoms with Crippen LogP contribution in [0.25, 0.3) is 0 Å². The van der Waals surface area contributed by atoms with Crippen molar-refractivity contribution in [3.63, 3.8) is 0 Å². The van der Waals surface area contributed by atoms with E-state index in [-0.39, 0.29) is 28.7 Å². The molecule has 0 spiro atoms. The summed E-state index contributed by atoms with van der Waals surface area (Å²) in [6.45, 7) is 8.95. The maximum Gasteiger partial charge on any atom is 0.254 e. The second-order valence-electron chi connectivity index (χ2n) is 10.4. The molecule has 2 atom stereocenters. The van der Waals surface area contributed by atoms with Gasteiger partial charge in [0.2, 0.25) is 5.91 Å². The Labute approximate surface area is 190 Å². The molecule has 1 N–H and O–H groups in total. The summed E-state index contributed by atoms with van der Waals surface area (Å²) < 4.78 is 0. The summed E-state index contributed by atoms with van der Waals surface area (Å²) in [7, 11) is 0. The molecule has 2 aromatic carbocycles. The smallest absolute Gasteiger partial charge is 0.254 e. The quantitative estimate of drug-likeness (QED) is 0.788. The van der Waals surface area contributed by atoms with Gasteiger partial charge in [0.1, 0.15) is 5.75 Å². The van der Waals surface area contributed by atoms with Gasteiger partial charge < -0.3 is 14.9 Å². The normalized spacial score (nSPS) is 26.2. The van der Waals surface area contributed by atoms with Gasteiger partial charge in [-0.2, -0.15) is 0 Å². The summed E-state index contributed by atoms with van der Waals surface area (Å²) in [6, 6.07) is 13.6. The van der Waals surface area contributed by atoms with Gasteiger partial charge in [0, 0.05) is 43.1 Å². The molecule has 5 heteroatoms. The number of hydrogen-bond acceptors (Lipinski definition) is 3. The lowest BCUT2D eigenvalue weighted by molar-refractivity contribution is -0.128. The van der Waals surface area contributed by atoms with E-state index in [9.17, 15) is 14.7 Å². The fourth-order valence-corrected chi connectivity index (χ4v) is 6.18. The van der Waals surface area contributed by atoms with Gasteiger partial charge >= 0.3 is 0 Å². The van der Waals surface area contributed by atoms with Crippen LogP contribution in [0.2, 0.25) is 0 Å². The number of amides is 2. The van der Waals surface area contributed by atoms with Crippen molar-refractivity contribution in [2.45, 2.75) is 64.5 Å². The zero-order valence-corrected chi connectivity index (χ0v) is 19.2. The Kier molecular flexibility index (Phi) is 4.84. The third kappa shape index (κ3) is 3.05. The maximum atomic E-state index is 13.6. The number of fused-ring (bicyclic) bond motifs is 4. The minimum atomic E-state index is -0.113. The summed E-state index contributed by atoms with van der Waals surface area (Å²) in [4.78, 5) is 29.4. The van der Waals surface area contributed by atoms with E-state index in [1.54, 1.807) is 6.07 Å². The molecule has 2 aliphatic heterocycles. The van der Waals surface area contributed by atoms with E-state index in [1.807, 2.05) is 40.1 Å². The van der Waals surface area contributed by atoms with Crippen molar-refractivity contribution in [3.05, 3.63) is 64.7 Å². The van der Waals surface area contributed by atoms with Gasteiger partial charge in [-0.1, -0.05) is 45.0 Å². The first-order valence-electron chi connectivity index (χ1n) is 11.7. The monoisotopic (exact) mass is 432 g/mol. The Morgan fingerprint density at radius 1 is 1.09 bits per heavy atom. The molecule has 0 aromatic heterocycles. The lowest BCUT2D eigenvalue weighted by atomic mass is 9.51. The number of piperidine rings is 1. The van der Waals surface area contributed by atoms with E-state index in [4.69, 9.17) is 0 Å². The number of phenolic OH excluding ortho intramolecular Hbond substituents is 1. The van der Waals surface area contributed by atoms with E-state index in [0.717, 1.165) is 30.5 Å². The number of aromatic hydroxyl groups is 1. The molecule has 2 fully saturated rings. The first kappa shape index (κ1) is 21.0. The Bertz CT molecular complexity index is 1070. The topological polar surface area (TPSA) is 60.9 Å². The molecule has 5 nitrogen and oxygen atoms in total. The fraction of sp³-hybridized carbons (Fsp3) is 0.481.